The van der Waals surface area contributed by atoms with Crippen LogP contribution in [0.2, 0.25) is 0 Å². The Morgan fingerprint density at radius 1 is 1.43 bits per heavy atom. The second-order valence-corrected chi connectivity index (χ2v) is 5.85. The molecule has 0 aromatic rings. The Bertz CT molecular complexity index is 578. The summed E-state index contributed by atoms with van der Waals surface area (Å²) in [5.74, 6) is -2.15. The van der Waals surface area contributed by atoms with Gasteiger partial charge >= 0.3 is 6.03 Å². The van der Waals surface area contributed by atoms with E-state index in [1.807, 2.05) is 0 Å². The zero-order valence-electron chi connectivity index (χ0n) is 13.5. The maximum absolute atomic E-state index is 12.3. The number of amides is 4. The standard InChI is InChI=1S/C17H23N3O3/c1-3-11-20-16(22)14(15(21)19-17(20)23)12(2)18-10-9-13-7-5-4-6-8-13/h3,7,14H,1,4-6,8-11H2,2H3,(H,19,21,23). The second kappa shape index (κ2) is 7.85. The third-order valence-corrected chi connectivity index (χ3v) is 4.16. The van der Waals surface area contributed by atoms with Gasteiger partial charge in [-0.2, -0.15) is 0 Å². The molecule has 0 bridgehead atoms. The molecule has 1 unspecified atom stereocenters. The van der Waals surface area contributed by atoms with E-state index < -0.39 is 23.8 Å². The van der Waals surface area contributed by atoms with E-state index in [9.17, 15) is 14.4 Å². The van der Waals surface area contributed by atoms with Gasteiger partial charge in [-0.3, -0.25) is 24.8 Å². The highest BCUT2D eigenvalue weighted by Crippen LogP contribution is 2.20. The molecule has 124 valence electrons. The summed E-state index contributed by atoms with van der Waals surface area (Å²) >= 11 is 0. The number of carbonyl (C=O) groups is 3. The Labute approximate surface area is 136 Å². The highest BCUT2D eigenvalue weighted by molar-refractivity contribution is 6.27. The topological polar surface area (TPSA) is 78.8 Å². The fourth-order valence-corrected chi connectivity index (χ4v) is 2.88. The molecule has 0 spiro atoms. The third-order valence-electron chi connectivity index (χ3n) is 4.16. The predicted molar refractivity (Wildman–Crippen MR) is 88.1 cm³/mol. The lowest BCUT2D eigenvalue weighted by Crippen LogP contribution is -2.59. The fraction of sp³-hybridized carbons (Fsp3) is 0.529. The first-order chi connectivity index (χ1) is 11.0. The molecule has 0 aromatic carbocycles. The molecule has 1 N–H and O–H groups in total. The van der Waals surface area contributed by atoms with Crippen molar-refractivity contribution in [3.05, 3.63) is 24.3 Å². The average molecular weight is 317 g/mol. The minimum Gasteiger partial charge on any atom is -0.293 e. The van der Waals surface area contributed by atoms with Crippen LogP contribution in [0, 0.1) is 5.92 Å². The number of rotatable bonds is 6. The molecule has 0 radical (unpaired) electrons. The number of nitrogens with one attached hydrogen (secondary N) is 1. The van der Waals surface area contributed by atoms with Gasteiger partial charge in [0.2, 0.25) is 11.8 Å². The lowest BCUT2D eigenvalue weighted by atomic mass is 9.97. The quantitative estimate of drug-likeness (QED) is 0.463. The van der Waals surface area contributed by atoms with Crippen LogP contribution in [0.15, 0.2) is 29.3 Å². The number of barbiturate groups is 1. The number of allylic oxidation sites excluding steroid dienone is 1. The van der Waals surface area contributed by atoms with E-state index in [-0.39, 0.29) is 6.54 Å². The van der Waals surface area contributed by atoms with Gasteiger partial charge in [-0.25, -0.2) is 4.79 Å². The Kier molecular flexibility index (Phi) is 5.84. The summed E-state index contributed by atoms with van der Waals surface area (Å²) in [6.07, 6.45) is 9.27. The molecule has 0 aromatic heterocycles. The molecule has 0 saturated carbocycles. The summed E-state index contributed by atoms with van der Waals surface area (Å²) < 4.78 is 0. The molecule has 1 heterocycles. The third kappa shape index (κ3) is 4.15. The lowest BCUT2D eigenvalue weighted by molar-refractivity contribution is -0.139. The summed E-state index contributed by atoms with van der Waals surface area (Å²) in [5, 5.41) is 2.20. The predicted octanol–water partition coefficient (Wildman–Crippen LogP) is 2.22. The number of urea groups is 1. The molecule has 2 rings (SSSR count). The van der Waals surface area contributed by atoms with Crippen molar-refractivity contribution in [2.45, 2.75) is 39.0 Å². The highest BCUT2D eigenvalue weighted by Gasteiger charge is 2.41. The highest BCUT2D eigenvalue weighted by atomic mass is 16.2. The monoisotopic (exact) mass is 317 g/mol. The van der Waals surface area contributed by atoms with Gasteiger partial charge in [0.05, 0.1) is 0 Å². The van der Waals surface area contributed by atoms with Gasteiger partial charge in [0.25, 0.3) is 0 Å². The van der Waals surface area contributed by atoms with E-state index in [0.717, 1.165) is 24.2 Å². The zero-order chi connectivity index (χ0) is 16.8. The van der Waals surface area contributed by atoms with Crippen molar-refractivity contribution in [1.29, 1.82) is 0 Å². The molecule has 6 heteroatoms. The number of hydrogen-bond donors (Lipinski definition) is 1. The Morgan fingerprint density at radius 2 is 2.22 bits per heavy atom. The van der Waals surface area contributed by atoms with Gasteiger partial charge in [0.15, 0.2) is 5.92 Å². The molecule has 2 aliphatic rings. The van der Waals surface area contributed by atoms with Crippen molar-refractivity contribution < 1.29 is 14.4 Å². The molecule has 6 nitrogen and oxygen atoms in total. The number of carbonyl (C=O) groups excluding carboxylic acids is 3. The molecular weight excluding hydrogens is 294 g/mol. The van der Waals surface area contributed by atoms with Crippen molar-refractivity contribution >= 4 is 23.6 Å². The van der Waals surface area contributed by atoms with E-state index in [2.05, 4.69) is 23.0 Å². The van der Waals surface area contributed by atoms with Crippen molar-refractivity contribution in [2.24, 2.45) is 10.9 Å². The molecule has 1 aliphatic carbocycles. The van der Waals surface area contributed by atoms with E-state index in [4.69, 9.17) is 0 Å². The van der Waals surface area contributed by atoms with Crippen LogP contribution in [-0.4, -0.2) is 41.5 Å². The van der Waals surface area contributed by atoms with Crippen molar-refractivity contribution in [1.82, 2.24) is 10.2 Å². The Balaban J connectivity index is 2.02. The second-order valence-electron chi connectivity index (χ2n) is 5.85. The van der Waals surface area contributed by atoms with Crippen LogP contribution in [0.25, 0.3) is 0 Å². The van der Waals surface area contributed by atoms with Gasteiger partial charge in [-0.05, 0) is 39.0 Å². The first-order valence-electron chi connectivity index (χ1n) is 8.00. The summed E-state index contributed by atoms with van der Waals surface area (Å²) in [5.41, 5.74) is 1.85. The molecule has 1 saturated heterocycles. The lowest BCUT2D eigenvalue weighted by Gasteiger charge is -2.29. The minimum absolute atomic E-state index is 0.0780. The van der Waals surface area contributed by atoms with Gasteiger partial charge < -0.3 is 0 Å². The maximum Gasteiger partial charge on any atom is 0.331 e. The van der Waals surface area contributed by atoms with Crippen LogP contribution < -0.4 is 5.32 Å². The SMILES string of the molecule is C=CCN1C(=O)NC(=O)C(C(C)=NCCC2=CCCCC2)C1=O. The Morgan fingerprint density at radius 3 is 2.87 bits per heavy atom. The number of imide groups is 2. The maximum atomic E-state index is 12.3. The molecule has 23 heavy (non-hydrogen) atoms. The van der Waals surface area contributed by atoms with Gasteiger partial charge in [0, 0.05) is 18.8 Å². The van der Waals surface area contributed by atoms with Crippen LogP contribution in [0.1, 0.15) is 39.0 Å². The van der Waals surface area contributed by atoms with Gasteiger partial charge in [-0.15, -0.1) is 6.58 Å². The van der Waals surface area contributed by atoms with E-state index in [1.54, 1.807) is 6.92 Å². The molecule has 1 atom stereocenters. The fourth-order valence-electron chi connectivity index (χ4n) is 2.88. The Hall–Kier alpha value is -2.24. The van der Waals surface area contributed by atoms with E-state index in [0.29, 0.717) is 12.3 Å². The van der Waals surface area contributed by atoms with Crippen LogP contribution >= 0.6 is 0 Å². The summed E-state index contributed by atoms with van der Waals surface area (Å²) in [4.78, 5) is 41.4. The summed E-state index contributed by atoms with van der Waals surface area (Å²) in [6.45, 7) is 5.82. The number of nitrogens with zero attached hydrogens (tertiary/aromatic N) is 2. The van der Waals surface area contributed by atoms with E-state index >= 15 is 0 Å². The van der Waals surface area contributed by atoms with E-state index in [1.165, 1.54) is 24.5 Å². The molecule has 4 amide bonds. The first-order valence-corrected chi connectivity index (χ1v) is 8.00. The zero-order valence-corrected chi connectivity index (χ0v) is 13.5. The van der Waals surface area contributed by atoms with Crippen LogP contribution in [0.5, 0.6) is 0 Å². The van der Waals surface area contributed by atoms with Crippen molar-refractivity contribution in [2.75, 3.05) is 13.1 Å². The van der Waals surface area contributed by atoms with Crippen molar-refractivity contribution in [3.8, 4) is 0 Å². The number of aliphatic imine (C=N–C) groups is 1. The van der Waals surface area contributed by atoms with Crippen molar-refractivity contribution in [3.63, 3.8) is 0 Å². The van der Waals surface area contributed by atoms with Crippen LogP contribution in [0.3, 0.4) is 0 Å². The van der Waals surface area contributed by atoms with Crippen LogP contribution in [0.4, 0.5) is 4.79 Å². The number of hydrogen-bond acceptors (Lipinski definition) is 4. The molecule has 1 aliphatic heterocycles. The summed E-state index contributed by atoms with van der Waals surface area (Å²) in [7, 11) is 0. The van der Waals surface area contributed by atoms with Gasteiger partial charge in [-0.1, -0.05) is 17.7 Å². The average Bonchev–Trinajstić information content (AvgIpc) is 2.52. The molecular formula is C17H23N3O3. The minimum atomic E-state index is -1.02. The first kappa shape index (κ1) is 17.1. The normalized spacial score (nSPS) is 22.7. The van der Waals surface area contributed by atoms with Crippen LogP contribution in [-0.2, 0) is 9.59 Å². The largest absolute Gasteiger partial charge is 0.331 e. The summed E-state index contributed by atoms with van der Waals surface area (Å²) in [6, 6.07) is -0.698. The van der Waals surface area contributed by atoms with Gasteiger partial charge in [0.1, 0.15) is 0 Å². The smallest absolute Gasteiger partial charge is 0.293 e. The molecule has 1 fully saturated rings.